The summed E-state index contributed by atoms with van der Waals surface area (Å²) in [5, 5.41) is 0.615. The van der Waals surface area contributed by atoms with Crippen LogP contribution >= 0.6 is 11.8 Å². The van der Waals surface area contributed by atoms with Gasteiger partial charge in [-0.25, -0.2) is 4.98 Å². The molecular weight excluding hydrogens is 258 g/mol. The van der Waals surface area contributed by atoms with Gasteiger partial charge in [0.05, 0.1) is 0 Å². The standard InChI is InChI=1S/C14H17N3OS/c1-3-4-11-8-13(18)17-14(16-11)19-12-7-10(15)6-5-9(12)2/h5-8H,3-4,15H2,1-2H3,(H,16,17,18). The summed E-state index contributed by atoms with van der Waals surface area (Å²) in [5.41, 5.74) is 8.33. The number of nitrogens with two attached hydrogens (primary N) is 1. The Morgan fingerprint density at radius 3 is 2.89 bits per heavy atom. The third kappa shape index (κ3) is 3.61. The summed E-state index contributed by atoms with van der Waals surface area (Å²) in [6.45, 7) is 4.08. The van der Waals surface area contributed by atoms with Gasteiger partial charge in [-0.15, -0.1) is 0 Å². The third-order valence-corrected chi connectivity index (χ3v) is 3.74. The molecule has 4 nitrogen and oxygen atoms in total. The van der Waals surface area contributed by atoms with Crippen molar-refractivity contribution in [3.05, 3.63) is 45.9 Å². The molecule has 0 aliphatic rings. The molecule has 0 spiro atoms. The minimum Gasteiger partial charge on any atom is -0.399 e. The topological polar surface area (TPSA) is 71.8 Å². The van der Waals surface area contributed by atoms with E-state index in [0.717, 1.165) is 29.0 Å². The summed E-state index contributed by atoms with van der Waals surface area (Å²) in [6, 6.07) is 7.28. The fourth-order valence-electron chi connectivity index (χ4n) is 1.75. The Morgan fingerprint density at radius 1 is 1.37 bits per heavy atom. The predicted octanol–water partition coefficient (Wildman–Crippen LogP) is 2.76. The third-order valence-electron chi connectivity index (χ3n) is 2.70. The second kappa shape index (κ2) is 5.93. The molecule has 0 aliphatic carbocycles. The molecule has 0 amide bonds. The molecule has 19 heavy (non-hydrogen) atoms. The number of benzene rings is 1. The second-order valence-electron chi connectivity index (χ2n) is 4.42. The maximum Gasteiger partial charge on any atom is 0.251 e. The molecule has 1 aromatic heterocycles. The number of nitrogen functional groups attached to an aromatic ring is 1. The van der Waals surface area contributed by atoms with Gasteiger partial charge in [0.1, 0.15) is 0 Å². The number of aromatic amines is 1. The van der Waals surface area contributed by atoms with Gasteiger partial charge in [-0.05, 0) is 31.0 Å². The average Bonchev–Trinajstić information content (AvgIpc) is 2.33. The Labute approximate surface area is 116 Å². The molecule has 100 valence electrons. The predicted molar refractivity (Wildman–Crippen MR) is 78.6 cm³/mol. The lowest BCUT2D eigenvalue weighted by Gasteiger charge is -2.07. The second-order valence-corrected chi connectivity index (χ2v) is 5.45. The number of hydrogen-bond donors (Lipinski definition) is 2. The van der Waals surface area contributed by atoms with Gasteiger partial charge < -0.3 is 10.7 Å². The maximum absolute atomic E-state index is 11.6. The number of aryl methyl sites for hydroxylation is 2. The highest BCUT2D eigenvalue weighted by Crippen LogP contribution is 2.28. The normalized spacial score (nSPS) is 10.6. The van der Waals surface area contributed by atoms with Crippen LogP contribution in [0.15, 0.2) is 39.1 Å². The molecule has 0 saturated carbocycles. The van der Waals surface area contributed by atoms with E-state index in [2.05, 4.69) is 16.9 Å². The number of hydrogen-bond acceptors (Lipinski definition) is 4. The van der Waals surface area contributed by atoms with Crippen molar-refractivity contribution in [3.8, 4) is 0 Å². The van der Waals surface area contributed by atoms with Gasteiger partial charge in [0.25, 0.3) is 5.56 Å². The largest absolute Gasteiger partial charge is 0.399 e. The maximum atomic E-state index is 11.6. The van der Waals surface area contributed by atoms with Gasteiger partial charge in [-0.2, -0.15) is 0 Å². The highest BCUT2D eigenvalue weighted by molar-refractivity contribution is 7.99. The van der Waals surface area contributed by atoms with Crippen molar-refractivity contribution >= 4 is 17.4 Å². The van der Waals surface area contributed by atoms with Crippen molar-refractivity contribution in [3.63, 3.8) is 0 Å². The van der Waals surface area contributed by atoms with Gasteiger partial charge in [-0.3, -0.25) is 4.79 Å². The quantitative estimate of drug-likeness (QED) is 0.665. The first-order valence-corrected chi connectivity index (χ1v) is 7.04. The van der Waals surface area contributed by atoms with Crippen molar-refractivity contribution in [2.24, 2.45) is 0 Å². The summed E-state index contributed by atoms with van der Waals surface area (Å²) in [5.74, 6) is 0. The molecule has 0 radical (unpaired) electrons. The van der Waals surface area contributed by atoms with Crippen LogP contribution in [-0.2, 0) is 6.42 Å². The van der Waals surface area contributed by atoms with E-state index in [0.29, 0.717) is 10.8 Å². The Kier molecular flexibility index (Phi) is 4.27. The van der Waals surface area contributed by atoms with E-state index < -0.39 is 0 Å². The van der Waals surface area contributed by atoms with Crippen molar-refractivity contribution in [2.45, 2.75) is 36.7 Å². The van der Waals surface area contributed by atoms with Crippen molar-refractivity contribution in [1.82, 2.24) is 9.97 Å². The van der Waals surface area contributed by atoms with Gasteiger partial charge in [-0.1, -0.05) is 31.2 Å². The van der Waals surface area contributed by atoms with Crippen molar-refractivity contribution < 1.29 is 0 Å². The zero-order valence-electron chi connectivity index (χ0n) is 11.1. The van der Waals surface area contributed by atoms with Crippen molar-refractivity contribution in [2.75, 3.05) is 5.73 Å². The van der Waals surface area contributed by atoms with E-state index in [9.17, 15) is 4.79 Å². The molecule has 2 aromatic rings. The number of nitrogens with zero attached hydrogens (tertiary/aromatic N) is 1. The summed E-state index contributed by atoms with van der Waals surface area (Å²) in [6.07, 6.45) is 1.78. The first-order chi connectivity index (χ1) is 9.08. The molecular formula is C14H17N3OS. The van der Waals surface area contributed by atoms with Crippen LogP contribution in [0.3, 0.4) is 0 Å². The van der Waals surface area contributed by atoms with Gasteiger partial charge in [0, 0.05) is 22.3 Å². The summed E-state index contributed by atoms with van der Waals surface area (Å²) in [7, 11) is 0. The highest BCUT2D eigenvalue weighted by Gasteiger charge is 2.06. The molecule has 1 heterocycles. The molecule has 0 saturated heterocycles. The van der Waals surface area contributed by atoms with Crippen molar-refractivity contribution in [1.29, 1.82) is 0 Å². The lowest BCUT2D eigenvalue weighted by molar-refractivity contribution is 0.816. The first kappa shape index (κ1) is 13.7. The highest BCUT2D eigenvalue weighted by atomic mass is 32.2. The van der Waals surface area contributed by atoms with Crippen LogP contribution < -0.4 is 11.3 Å². The minimum atomic E-state index is -0.109. The van der Waals surface area contributed by atoms with Gasteiger partial charge >= 0.3 is 0 Å². The number of aromatic nitrogens is 2. The smallest absolute Gasteiger partial charge is 0.251 e. The Balaban J connectivity index is 2.32. The zero-order valence-corrected chi connectivity index (χ0v) is 11.9. The fourth-order valence-corrected chi connectivity index (χ4v) is 2.69. The summed E-state index contributed by atoms with van der Waals surface area (Å²) in [4.78, 5) is 19.8. The molecule has 2 rings (SSSR count). The molecule has 0 fully saturated rings. The number of nitrogens with one attached hydrogen (secondary N) is 1. The summed E-state index contributed by atoms with van der Waals surface area (Å²) >= 11 is 1.44. The Bertz CT molecular complexity index is 637. The van der Waals surface area contributed by atoms with E-state index in [-0.39, 0.29) is 5.56 Å². The van der Waals surface area contributed by atoms with E-state index >= 15 is 0 Å². The molecule has 0 unspecified atom stereocenters. The average molecular weight is 275 g/mol. The minimum absolute atomic E-state index is 0.109. The van der Waals surface area contributed by atoms with Crippen LogP contribution in [0.4, 0.5) is 5.69 Å². The number of anilines is 1. The molecule has 1 aromatic carbocycles. The lowest BCUT2D eigenvalue weighted by Crippen LogP contribution is -2.09. The van der Waals surface area contributed by atoms with Crippen LogP contribution in [-0.4, -0.2) is 9.97 Å². The van der Waals surface area contributed by atoms with Crippen LogP contribution in [0.2, 0.25) is 0 Å². The molecule has 5 heteroatoms. The summed E-state index contributed by atoms with van der Waals surface area (Å²) < 4.78 is 0. The first-order valence-electron chi connectivity index (χ1n) is 6.22. The zero-order chi connectivity index (χ0) is 13.8. The van der Waals surface area contributed by atoms with Crippen LogP contribution in [0.25, 0.3) is 0 Å². The molecule has 0 bridgehead atoms. The van der Waals surface area contributed by atoms with E-state index in [1.807, 2.05) is 25.1 Å². The van der Waals surface area contributed by atoms with E-state index in [1.165, 1.54) is 11.8 Å². The Morgan fingerprint density at radius 2 is 2.16 bits per heavy atom. The van der Waals surface area contributed by atoms with Crippen LogP contribution in [0, 0.1) is 6.92 Å². The fraction of sp³-hybridized carbons (Fsp3) is 0.286. The lowest BCUT2D eigenvalue weighted by atomic mass is 10.2. The van der Waals surface area contributed by atoms with Gasteiger partial charge in [0.15, 0.2) is 5.16 Å². The molecule has 3 N–H and O–H groups in total. The van der Waals surface area contributed by atoms with Crippen LogP contribution in [0.1, 0.15) is 24.6 Å². The monoisotopic (exact) mass is 275 g/mol. The Hall–Kier alpha value is -1.75. The number of H-pyrrole nitrogens is 1. The molecule has 0 aliphatic heterocycles. The molecule has 0 atom stereocenters. The van der Waals surface area contributed by atoms with E-state index in [4.69, 9.17) is 5.73 Å². The SMILES string of the molecule is CCCc1cc(=O)[nH]c(Sc2cc(N)ccc2C)n1. The van der Waals surface area contributed by atoms with Gasteiger partial charge in [0.2, 0.25) is 0 Å². The van der Waals surface area contributed by atoms with Crippen LogP contribution in [0.5, 0.6) is 0 Å². The number of rotatable bonds is 4. The van der Waals surface area contributed by atoms with E-state index in [1.54, 1.807) is 6.07 Å².